The number of aromatic amines is 1. The van der Waals surface area contributed by atoms with E-state index in [1.54, 1.807) is 37.4 Å². The van der Waals surface area contributed by atoms with Crippen LogP contribution in [0, 0.1) is 0 Å². The van der Waals surface area contributed by atoms with E-state index in [1.165, 1.54) is 12.3 Å². The Labute approximate surface area is 177 Å². The minimum Gasteiger partial charge on any atom is -0.497 e. The number of carbonyl (C=O) groups excluding carboxylic acids is 2. The third-order valence-corrected chi connectivity index (χ3v) is 5.15. The van der Waals surface area contributed by atoms with Crippen LogP contribution < -0.4 is 20.9 Å². The predicted octanol–water partition coefficient (Wildman–Crippen LogP) is 4.21. The van der Waals surface area contributed by atoms with Crippen molar-refractivity contribution in [1.82, 2.24) is 9.97 Å². The van der Waals surface area contributed by atoms with E-state index < -0.39 is 0 Å². The highest BCUT2D eigenvalue weighted by molar-refractivity contribution is 7.20. The van der Waals surface area contributed by atoms with Gasteiger partial charge in [-0.15, -0.1) is 0 Å². The quantitative estimate of drug-likeness (QED) is 0.442. The number of rotatable bonds is 9. The first kappa shape index (κ1) is 21.3. The minimum atomic E-state index is -0.346. The number of H-pyrrole nitrogens is 1. The molecule has 8 nitrogen and oxygen atoms in total. The maximum absolute atomic E-state index is 12.7. The highest BCUT2D eigenvalue weighted by atomic mass is 32.1. The van der Waals surface area contributed by atoms with Gasteiger partial charge in [0, 0.05) is 24.2 Å². The van der Waals surface area contributed by atoms with Gasteiger partial charge < -0.3 is 20.4 Å². The molecule has 3 rings (SSSR count). The molecule has 3 aromatic rings. The van der Waals surface area contributed by atoms with E-state index in [-0.39, 0.29) is 22.9 Å². The second kappa shape index (κ2) is 9.84. The summed E-state index contributed by atoms with van der Waals surface area (Å²) < 4.78 is 5.11. The lowest BCUT2D eigenvalue weighted by Crippen LogP contribution is -2.13. The van der Waals surface area contributed by atoms with Crippen molar-refractivity contribution >= 4 is 38.8 Å². The number of nitrogens with one attached hydrogen (secondary N) is 3. The minimum absolute atomic E-state index is 0.132. The van der Waals surface area contributed by atoms with E-state index in [0.29, 0.717) is 33.6 Å². The van der Waals surface area contributed by atoms with Gasteiger partial charge in [-0.2, -0.15) is 0 Å². The van der Waals surface area contributed by atoms with Gasteiger partial charge in [0.1, 0.15) is 16.4 Å². The summed E-state index contributed by atoms with van der Waals surface area (Å²) in [5.41, 5.74) is 1.06. The van der Waals surface area contributed by atoms with Crippen LogP contribution in [0.5, 0.6) is 5.75 Å². The van der Waals surface area contributed by atoms with Crippen LogP contribution in [0.15, 0.2) is 47.4 Å². The standard InChI is InChI=1S/C21H22N4O4S/c1-3-4-5-16(26)18-20(25-19(28)13-6-9-15(29-2)10-7-13)30-21(24-18)23-14-8-11-17(27)22-12-14/h6-12H,3-5H2,1-2H3,(H,22,27)(H,23,24)(H,25,28). The van der Waals surface area contributed by atoms with E-state index in [1.807, 2.05) is 6.92 Å². The number of hydrogen-bond donors (Lipinski definition) is 3. The first-order valence-electron chi connectivity index (χ1n) is 9.45. The fourth-order valence-electron chi connectivity index (χ4n) is 2.63. The van der Waals surface area contributed by atoms with Crippen molar-refractivity contribution < 1.29 is 14.3 Å². The Balaban J connectivity index is 1.84. The molecule has 2 aromatic heterocycles. The molecule has 0 atom stereocenters. The number of Topliss-reactive ketones (excluding diaryl/α,β-unsaturated/α-hetero) is 1. The Kier molecular flexibility index (Phi) is 6.97. The average Bonchev–Trinajstić information content (AvgIpc) is 3.15. The summed E-state index contributed by atoms with van der Waals surface area (Å²) in [4.78, 5) is 43.5. The SMILES string of the molecule is CCCCC(=O)c1nc(Nc2ccc(=O)[nH]c2)sc1NC(=O)c1ccc(OC)cc1. The van der Waals surface area contributed by atoms with Gasteiger partial charge in [0.25, 0.3) is 5.91 Å². The molecule has 0 saturated carbocycles. The zero-order valence-corrected chi connectivity index (χ0v) is 17.5. The van der Waals surface area contributed by atoms with Crippen molar-refractivity contribution in [2.24, 2.45) is 0 Å². The molecule has 0 radical (unpaired) electrons. The molecule has 30 heavy (non-hydrogen) atoms. The second-order valence-corrected chi connectivity index (χ2v) is 7.47. The summed E-state index contributed by atoms with van der Waals surface area (Å²) in [5, 5.41) is 6.66. The number of unbranched alkanes of at least 4 members (excludes halogenated alkanes) is 1. The molecular formula is C21H22N4O4S. The van der Waals surface area contributed by atoms with Crippen molar-refractivity contribution in [2.75, 3.05) is 17.7 Å². The summed E-state index contributed by atoms with van der Waals surface area (Å²) in [6.45, 7) is 2.00. The van der Waals surface area contributed by atoms with E-state index in [4.69, 9.17) is 4.74 Å². The Morgan fingerprint density at radius 2 is 1.93 bits per heavy atom. The molecule has 0 aliphatic carbocycles. The lowest BCUT2D eigenvalue weighted by atomic mass is 10.1. The topological polar surface area (TPSA) is 113 Å². The summed E-state index contributed by atoms with van der Waals surface area (Å²) in [7, 11) is 1.55. The fourth-order valence-corrected chi connectivity index (χ4v) is 3.53. The van der Waals surface area contributed by atoms with E-state index in [2.05, 4.69) is 20.6 Å². The highest BCUT2D eigenvalue weighted by Gasteiger charge is 2.20. The number of pyridine rings is 1. The molecule has 0 aliphatic heterocycles. The number of thiazole rings is 1. The monoisotopic (exact) mass is 426 g/mol. The molecule has 156 valence electrons. The molecule has 0 fully saturated rings. The van der Waals surface area contributed by atoms with Crippen LogP contribution in [0.3, 0.4) is 0 Å². The van der Waals surface area contributed by atoms with Gasteiger partial charge in [-0.3, -0.25) is 14.4 Å². The maximum atomic E-state index is 12.7. The first-order valence-corrected chi connectivity index (χ1v) is 10.3. The fraction of sp³-hybridized carbons (Fsp3) is 0.238. The molecule has 0 bridgehead atoms. The Morgan fingerprint density at radius 3 is 2.57 bits per heavy atom. The number of hydrogen-bond acceptors (Lipinski definition) is 7. The second-order valence-electron chi connectivity index (χ2n) is 6.47. The zero-order valence-electron chi connectivity index (χ0n) is 16.7. The number of anilines is 3. The molecule has 2 heterocycles. The van der Waals surface area contributed by atoms with Gasteiger partial charge in [0.15, 0.2) is 10.9 Å². The van der Waals surface area contributed by atoms with Crippen LogP contribution in [0.2, 0.25) is 0 Å². The van der Waals surface area contributed by atoms with Crippen LogP contribution in [0.4, 0.5) is 15.8 Å². The maximum Gasteiger partial charge on any atom is 0.256 e. The number of nitrogens with zero attached hydrogens (tertiary/aromatic N) is 1. The van der Waals surface area contributed by atoms with Crippen molar-refractivity contribution in [2.45, 2.75) is 26.2 Å². The first-order chi connectivity index (χ1) is 14.5. The van der Waals surface area contributed by atoms with Gasteiger partial charge in [-0.1, -0.05) is 24.7 Å². The number of amides is 1. The lowest BCUT2D eigenvalue weighted by Gasteiger charge is -2.05. The third-order valence-electron chi connectivity index (χ3n) is 4.26. The van der Waals surface area contributed by atoms with Gasteiger partial charge >= 0.3 is 0 Å². The predicted molar refractivity (Wildman–Crippen MR) is 117 cm³/mol. The number of benzene rings is 1. The van der Waals surface area contributed by atoms with Crippen LogP contribution in [0.25, 0.3) is 0 Å². The molecule has 1 aromatic carbocycles. The Morgan fingerprint density at radius 1 is 1.17 bits per heavy atom. The van der Waals surface area contributed by atoms with Crippen LogP contribution >= 0.6 is 11.3 Å². The summed E-state index contributed by atoms with van der Waals surface area (Å²) in [6.07, 6.45) is 3.48. The number of ether oxygens (including phenoxy) is 1. The molecule has 0 unspecified atom stereocenters. The van der Waals surface area contributed by atoms with E-state index in [0.717, 1.165) is 24.2 Å². The lowest BCUT2D eigenvalue weighted by molar-refractivity contribution is 0.0976. The zero-order chi connectivity index (χ0) is 21.5. The van der Waals surface area contributed by atoms with Crippen molar-refractivity contribution in [3.8, 4) is 5.75 Å². The van der Waals surface area contributed by atoms with E-state index >= 15 is 0 Å². The van der Waals surface area contributed by atoms with E-state index in [9.17, 15) is 14.4 Å². The van der Waals surface area contributed by atoms with Crippen molar-refractivity contribution in [3.63, 3.8) is 0 Å². The number of ketones is 1. The largest absolute Gasteiger partial charge is 0.497 e. The molecular weight excluding hydrogens is 404 g/mol. The van der Waals surface area contributed by atoms with Crippen LogP contribution in [-0.4, -0.2) is 28.8 Å². The molecule has 1 amide bonds. The smallest absolute Gasteiger partial charge is 0.256 e. The molecule has 0 aliphatic rings. The van der Waals surface area contributed by atoms with Gasteiger partial charge in [-0.25, -0.2) is 4.98 Å². The average molecular weight is 426 g/mol. The van der Waals surface area contributed by atoms with Crippen LogP contribution in [-0.2, 0) is 0 Å². The third kappa shape index (κ3) is 5.32. The molecule has 0 spiro atoms. The Bertz CT molecular complexity index is 1070. The summed E-state index contributed by atoms with van der Waals surface area (Å²) in [6, 6.07) is 9.67. The molecule has 0 saturated heterocycles. The summed E-state index contributed by atoms with van der Waals surface area (Å²) >= 11 is 1.16. The number of methoxy groups -OCH3 is 1. The van der Waals surface area contributed by atoms with Gasteiger partial charge in [0.2, 0.25) is 5.56 Å². The van der Waals surface area contributed by atoms with Gasteiger partial charge in [0.05, 0.1) is 12.8 Å². The van der Waals surface area contributed by atoms with Gasteiger partial charge in [-0.05, 0) is 36.8 Å². The summed E-state index contributed by atoms with van der Waals surface area (Å²) in [5.74, 6) is 0.168. The van der Waals surface area contributed by atoms with Crippen LogP contribution in [0.1, 0.15) is 47.0 Å². The molecule has 3 N–H and O–H groups in total. The highest BCUT2D eigenvalue weighted by Crippen LogP contribution is 2.32. The van der Waals surface area contributed by atoms with Crippen molar-refractivity contribution in [3.05, 3.63) is 64.2 Å². The molecule has 9 heteroatoms. The number of carbonyl (C=O) groups is 2. The Hall–Kier alpha value is -3.46. The van der Waals surface area contributed by atoms with Crippen molar-refractivity contribution in [1.29, 1.82) is 0 Å². The normalized spacial score (nSPS) is 10.5. The number of aromatic nitrogens is 2.